The molecule has 1 heterocycles. The van der Waals surface area contributed by atoms with Crippen molar-refractivity contribution in [2.75, 3.05) is 6.61 Å². The number of carbonyl (C=O) groups is 1. The number of hydrogen-bond acceptors (Lipinski definition) is 5. The van der Waals surface area contributed by atoms with E-state index in [1.54, 1.807) is 19.9 Å². The van der Waals surface area contributed by atoms with E-state index in [-0.39, 0.29) is 12.5 Å². The summed E-state index contributed by atoms with van der Waals surface area (Å²) in [5, 5.41) is 0. The van der Waals surface area contributed by atoms with Gasteiger partial charge in [0.1, 0.15) is 23.8 Å². The lowest BCUT2D eigenvalue weighted by Crippen LogP contribution is -2.04. The van der Waals surface area contributed by atoms with Crippen LogP contribution in [-0.2, 0) is 22.3 Å². The minimum atomic E-state index is -4.40. The number of hydrogen-bond donors (Lipinski definition) is 0. The zero-order valence-electron chi connectivity index (χ0n) is 18.5. The molecule has 3 aromatic rings. The van der Waals surface area contributed by atoms with Crippen molar-refractivity contribution in [1.82, 2.24) is 4.98 Å². The molecule has 1 aromatic heterocycles. The lowest BCUT2D eigenvalue weighted by atomic mass is 10.0. The van der Waals surface area contributed by atoms with Gasteiger partial charge >= 0.3 is 12.1 Å². The van der Waals surface area contributed by atoms with Crippen LogP contribution < -0.4 is 4.74 Å². The molecule has 0 aliphatic heterocycles. The lowest BCUT2D eigenvalue weighted by Gasteiger charge is -2.09. The molecule has 5 nitrogen and oxygen atoms in total. The molecular formula is C25H24F3NO4. The van der Waals surface area contributed by atoms with Gasteiger partial charge in [-0.05, 0) is 67.8 Å². The maximum atomic E-state index is 12.8. The monoisotopic (exact) mass is 459 g/mol. The molecule has 3 rings (SSSR count). The Morgan fingerprint density at radius 1 is 1.12 bits per heavy atom. The van der Waals surface area contributed by atoms with Crippen molar-refractivity contribution in [2.45, 2.75) is 40.0 Å². The number of benzene rings is 2. The van der Waals surface area contributed by atoms with Crippen LogP contribution in [0.5, 0.6) is 5.75 Å². The van der Waals surface area contributed by atoms with Gasteiger partial charge in [-0.1, -0.05) is 19.1 Å². The highest BCUT2D eigenvalue weighted by atomic mass is 19.4. The molecule has 0 N–H and O–H groups in total. The second-order valence-electron chi connectivity index (χ2n) is 7.19. The van der Waals surface area contributed by atoms with Crippen molar-refractivity contribution in [1.29, 1.82) is 0 Å². The molecule has 0 unspecified atom stereocenters. The Hall–Kier alpha value is -3.55. The fourth-order valence-corrected chi connectivity index (χ4v) is 3.14. The third-order valence-corrected chi connectivity index (χ3v) is 4.89. The lowest BCUT2D eigenvalue weighted by molar-refractivity contribution is -0.138. The number of ether oxygens (including phenoxy) is 2. The van der Waals surface area contributed by atoms with Crippen molar-refractivity contribution in [3.05, 3.63) is 77.2 Å². The SMILES string of the molecule is CCOC(=O)C=C(CC)c1cccc(OCc2nc(-c3ccc(C(F)(F)F)cc3)oc2C)c1. The van der Waals surface area contributed by atoms with Crippen LogP contribution in [-0.4, -0.2) is 17.6 Å². The highest BCUT2D eigenvalue weighted by molar-refractivity contribution is 5.91. The summed E-state index contributed by atoms with van der Waals surface area (Å²) < 4.78 is 54.8. The molecule has 0 saturated heterocycles. The van der Waals surface area contributed by atoms with Gasteiger partial charge in [-0.15, -0.1) is 0 Å². The Morgan fingerprint density at radius 2 is 1.85 bits per heavy atom. The number of aromatic nitrogens is 1. The summed E-state index contributed by atoms with van der Waals surface area (Å²) in [5.74, 6) is 0.917. The molecule has 0 fully saturated rings. The first kappa shape index (κ1) is 24.1. The van der Waals surface area contributed by atoms with Gasteiger partial charge in [-0.2, -0.15) is 13.2 Å². The molecule has 0 amide bonds. The van der Waals surface area contributed by atoms with Crippen LogP contribution in [0.15, 0.2) is 59.0 Å². The summed E-state index contributed by atoms with van der Waals surface area (Å²) in [4.78, 5) is 16.2. The van der Waals surface area contributed by atoms with E-state index in [4.69, 9.17) is 13.9 Å². The largest absolute Gasteiger partial charge is 0.487 e. The molecule has 0 spiro atoms. The highest BCUT2D eigenvalue weighted by Crippen LogP contribution is 2.31. The fraction of sp³-hybridized carbons (Fsp3) is 0.280. The second-order valence-corrected chi connectivity index (χ2v) is 7.19. The number of oxazole rings is 1. The number of aryl methyl sites for hydroxylation is 1. The van der Waals surface area contributed by atoms with Gasteiger partial charge in [0.15, 0.2) is 0 Å². The van der Waals surface area contributed by atoms with E-state index >= 15 is 0 Å². The number of halogens is 3. The van der Waals surface area contributed by atoms with Crippen LogP contribution in [0.3, 0.4) is 0 Å². The average Bonchev–Trinajstić information content (AvgIpc) is 3.16. The summed E-state index contributed by atoms with van der Waals surface area (Å²) in [5.41, 5.74) is 1.90. The van der Waals surface area contributed by atoms with E-state index in [0.717, 1.165) is 23.3 Å². The molecule has 2 aromatic carbocycles. The van der Waals surface area contributed by atoms with Gasteiger partial charge in [0, 0.05) is 11.6 Å². The first-order valence-corrected chi connectivity index (χ1v) is 10.5. The number of carbonyl (C=O) groups excluding carboxylic acids is 1. The molecule has 0 bridgehead atoms. The Bertz CT molecular complexity index is 1130. The molecule has 174 valence electrons. The molecule has 0 radical (unpaired) electrons. The first-order valence-electron chi connectivity index (χ1n) is 10.5. The summed E-state index contributed by atoms with van der Waals surface area (Å²) in [6, 6.07) is 11.9. The number of allylic oxidation sites excluding steroid dienone is 1. The third kappa shape index (κ3) is 6.25. The van der Waals surface area contributed by atoms with E-state index in [0.29, 0.717) is 35.8 Å². The second kappa shape index (κ2) is 10.4. The van der Waals surface area contributed by atoms with E-state index in [9.17, 15) is 18.0 Å². The summed E-state index contributed by atoms with van der Waals surface area (Å²) >= 11 is 0. The Morgan fingerprint density at radius 3 is 2.48 bits per heavy atom. The fourth-order valence-electron chi connectivity index (χ4n) is 3.14. The van der Waals surface area contributed by atoms with Crippen molar-refractivity contribution in [3.63, 3.8) is 0 Å². The average molecular weight is 459 g/mol. The molecular weight excluding hydrogens is 435 g/mol. The minimum absolute atomic E-state index is 0.114. The normalized spacial score (nSPS) is 12.0. The van der Waals surface area contributed by atoms with Gasteiger partial charge in [-0.3, -0.25) is 0 Å². The maximum Gasteiger partial charge on any atom is 0.416 e. The van der Waals surface area contributed by atoms with Gasteiger partial charge < -0.3 is 13.9 Å². The molecule has 8 heteroatoms. The van der Waals surface area contributed by atoms with Gasteiger partial charge in [0.25, 0.3) is 0 Å². The van der Waals surface area contributed by atoms with E-state index < -0.39 is 17.7 Å². The number of rotatable bonds is 8. The molecule has 0 aliphatic rings. The molecule has 0 aliphatic carbocycles. The standard InChI is InChI=1S/C25H24F3NO4/c1-4-17(14-23(30)31-5-2)19-7-6-8-21(13-19)32-15-22-16(3)33-24(29-22)18-9-11-20(12-10-18)25(26,27)28/h6-14H,4-5,15H2,1-3H3. The van der Waals surface area contributed by atoms with Gasteiger partial charge in [-0.25, -0.2) is 9.78 Å². The minimum Gasteiger partial charge on any atom is -0.487 e. The first-order chi connectivity index (χ1) is 15.7. The van der Waals surface area contributed by atoms with Crippen LogP contribution in [0.2, 0.25) is 0 Å². The molecule has 0 saturated carbocycles. The Balaban J connectivity index is 1.73. The topological polar surface area (TPSA) is 61.6 Å². The summed E-state index contributed by atoms with van der Waals surface area (Å²) in [6.45, 7) is 5.83. The highest BCUT2D eigenvalue weighted by Gasteiger charge is 2.30. The molecule has 33 heavy (non-hydrogen) atoms. The maximum absolute atomic E-state index is 12.8. The summed E-state index contributed by atoms with van der Waals surface area (Å²) in [7, 11) is 0. The van der Waals surface area contributed by atoms with Gasteiger partial charge in [0.05, 0.1) is 12.2 Å². The smallest absolute Gasteiger partial charge is 0.416 e. The van der Waals surface area contributed by atoms with Crippen molar-refractivity contribution < 1.29 is 31.9 Å². The predicted octanol–water partition coefficient (Wildman–Crippen LogP) is 6.60. The van der Waals surface area contributed by atoms with E-state index in [1.807, 2.05) is 25.1 Å². The van der Waals surface area contributed by atoms with Crippen LogP contribution in [0, 0.1) is 6.92 Å². The Labute approximate surface area is 189 Å². The van der Waals surface area contributed by atoms with Crippen LogP contribution in [0.25, 0.3) is 17.0 Å². The van der Waals surface area contributed by atoms with Gasteiger partial charge in [0.2, 0.25) is 5.89 Å². The zero-order valence-corrected chi connectivity index (χ0v) is 18.5. The van der Waals surface area contributed by atoms with Crippen LogP contribution in [0.4, 0.5) is 13.2 Å². The Kier molecular flexibility index (Phi) is 7.58. The van der Waals surface area contributed by atoms with E-state index in [2.05, 4.69) is 4.98 Å². The molecule has 0 atom stereocenters. The number of nitrogens with zero attached hydrogens (tertiary/aromatic N) is 1. The van der Waals surface area contributed by atoms with Crippen LogP contribution in [0.1, 0.15) is 42.8 Å². The predicted molar refractivity (Wildman–Crippen MR) is 117 cm³/mol. The summed E-state index contributed by atoms with van der Waals surface area (Å²) in [6.07, 6.45) is -2.29. The van der Waals surface area contributed by atoms with Crippen molar-refractivity contribution >= 4 is 11.5 Å². The van der Waals surface area contributed by atoms with Crippen molar-refractivity contribution in [2.24, 2.45) is 0 Å². The number of alkyl halides is 3. The quantitative estimate of drug-likeness (QED) is 0.280. The van der Waals surface area contributed by atoms with Crippen LogP contribution >= 0.6 is 0 Å². The third-order valence-electron chi connectivity index (χ3n) is 4.89. The zero-order chi connectivity index (χ0) is 24.0. The van der Waals surface area contributed by atoms with Crippen molar-refractivity contribution in [3.8, 4) is 17.2 Å². The number of esters is 1. The van der Waals surface area contributed by atoms with E-state index in [1.165, 1.54) is 18.2 Å².